The highest BCUT2D eigenvalue weighted by molar-refractivity contribution is 9.11. The Morgan fingerprint density at radius 3 is 2.47 bits per heavy atom. The largest absolute Gasteiger partial charge is 0.399 e. The van der Waals surface area contributed by atoms with Crippen LogP contribution in [0.25, 0.3) is 0 Å². The molecule has 0 saturated carbocycles. The summed E-state index contributed by atoms with van der Waals surface area (Å²) in [4.78, 5) is 12.1. The van der Waals surface area contributed by atoms with E-state index in [1.54, 1.807) is 18.2 Å². The van der Waals surface area contributed by atoms with Crippen molar-refractivity contribution in [1.82, 2.24) is 0 Å². The number of anilines is 2. The molecule has 0 saturated heterocycles. The van der Waals surface area contributed by atoms with Gasteiger partial charge in [0.2, 0.25) is 0 Å². The maximum Gasteiger partial charge on any atom is 0.256 e. The fraction of sp³-hybridized carbons (Fsp3) is 0. The predicted octanol–water partition coefficient (Wildman–Crippen LogP) is 4.19. The third kappa shape index (κ3) is 3.33. The molecule has 0 aliphatic rings. The van der Waals surface area contributed by atoms with Gasteiger partial charge in [0.05, 0.1) is 11.3 Å². The van der Waals surface area contributed by atoms with Crippen LogP contribution in [0.5, 0.6) is 0 Å². The SMILES string of the molecule is Nc1ccc(NC(=O)c2ccc(F)cc2Br)c(Br)c1. The summed E-state index contributed by atoms with van der Waals surface area (Å²) in [5, 5.41) is 2.72. The van der Waals surface area contributed by atoms with Crippen molar-refractivity contribution < 1.29 is 9.18 Å². The number of carbonyl (C=O) groups is 1. The van der Waals surface area contributed by atoms with Gasteiger partial charge in [-0.25, -0.2) is 4.39 Å². The molecule has 3 N–H and O–H groups in total. The second kappa shape index (κ2) is 5.71. The lowest BCUT2D eigenvalue weighted by Gasteiger charge is -2.09. The van der Waals surface area contributed by atoms with Crippen LogP contribution in [0.1, 0.15) is 10.4 Å². The standard InChI is InChI=1S/C13H9Br2FN2O/c14-10-5-7(16)1-3-9(10)13(19)18-12-4-2-8(17)6-11(12)15/h1-6H,17H2,(H,18,19). The number of benzene rings is 2. The topological polar surface area (TPSA) is 55.1 Å². The first-order valence-corrected chi connectivity index (χ1v) is 6.87. The predicted molar refractivity (Wildman–Crippen MR) is 80.6 cm³/mol. The van der Waals surface area contributed by atoms with Gasteiger partial charge >= 0.3 is 0 Å². The molecule has 2 rings (SSSR count). The van der Waals surface area contributed by atoms with Crippen LogP contribution in [0.15, 0.2) is 45.3 Å². The van der Waals surface area contributed by atoms with Gasteiger partial charge in [0.25, 0.3) is 5.91 Å². The van der Waals surface area contributed by atoms with Gasteiger partial charge in [0.1, 0.15) is 5.82 Å². The van der Waals surface area contributed by atoms with Crippen LogP contribution in [-0.4, -0.2) is 5.91 Å². The van der Waals surface area contributed by atoms with Crippen molar-refractivity contribution in [2.45, 2.75) is 0 Å². The van der Waals surface area contributed by atoms with E-state index in [0.29, 0.717) is 25.9 Å². The molecular weight excluding hydrogens is 379 g/mol. The number of halogens is 3. The van der Waals surface area contributed by atoms with Crippen molar-refractivity contribution in [1.29, 1.82) is 0 Å². The molecule has 98 valence electrons. The molecule has 1 amide bonds. The van der Waals surface area contributed by atoms with E-state index in [1.807, 2.05) is 0 Å². The van der Waals surface area contributed by atoms with Crippen molar-refractivity contribution in [3.63, 3.8) is 0 Å². The van der Waals surface area contributed by atoms with E-state index in [9.17, 15) is 9.18 Å². The van der Waals surface area contributed by atoms with Gasteiger partial charge in [0.15, 0.2) is 0 Å². The number of amides is 1. The summed E-state index contributed by atoms with van der Waals surface area (Å²) in [5.74, 6) is -0.741. The lowest BCUT2D eigenvalue weighted by atomic mass is 10.2. The maximum absolute atomic E-state index is 13.0. The van der Waals surface area contributed by atoms with E-state index in [1.165, 1.54) is 18.2 Å². The molecule has 3 nitrogen and oxygen atoms in total. The lowest BCUT2D eigenvalue weighted by Crippen LogP contribution is -2.13. The first-order chi connectivity index (χ1) is 8.97. The summed E-state index contributed by atoms with van der Waals surface area (Å²) < 4.78 is 14.0. The van der Waals surface area contributed by atoms with E-state index < -0.39 is 5.82 Å². The quantitative estimate of drug-likeness (QED) is 0.759. The van der Waals surface area contributed by atoms with Crippen molar-refractivity contribution in [2.24, 2.45) is 0 Å². The Labute approximate surface area is 126 Å². The van der Waals surface area contributed by atoms with E-state index in [4.69, 9.17) is 5.73 Å². The van der Waals surface area contributed by atoms with Gasteiger partial charge in [-0.05, 0) is 68.3 Å². The number of carbonyl (C=O) groups excluding carboxylic acids is 1. The minimum absolute atomic E-state index is 0.336. The minimum atomic E-state index is -0.405. The number of hydrogen-bond donors (Lipinski definition) is 2. The Kier molecular flexibility index (Phi) is 4.21. The molecule has 0 spiro atoms. The highest BCUT2D eigenvalue weighted by atomic mass is 79.9. The molecule has 2 aromatic rings. The fourth-order valence-corrected chi connectivity index (χ4v) is 2.52. The Morgan fingerprint density at radius 1 is 1.11 bits per heavy atom. The number of nitrogen functional groups attached to an aromatic ring is 1. The van der Waals surface area contributed by atoms with Crippen LogP contribution >= 0.6 is 31.9 Å². The van der Waals surface area contributed by atoms with Crippen LogP contribution < -0.4 is 11.1 Å². The van der Waals surface area contributed by atoms with Gasteiger partial charge < -0.3 is 11.1 Å². The Bertz CT molecular complexity index is 647. The van der Waals surface area contributed by atoms with E-state index in [-0.39, 0.29) is 5.91 Å². The smallest absolute Gasteiger partial charge is 0.256 e. The second-order valence-corrected chi connectivity index (χ2v) is 5.53. The molecule has 0 aromatic heterocycles. The zero-order chi connectivity index (χ0) is 14.0. The summed E-state index contributed by atoms with van der Waals surface area (Å²) in [6.07, 6.45) is 0. The summed E-state index contributed by atoms with van der Waals surface area (Å²) in [5.41, 5.74) is 7.15. The van der Waals surface area contributed by atoms with Gasteiger partial charge in [-0.3, -0.25) is 4.79 Å². The molecule has 0 unspecified atom stereocenters. The highest BCUT2D eigenvalue weighted by Crippen LogP contribution is 2.26. The van der Waals surface area contributed by atoms with Crippen LogP contribution in [-0.2, 0) is 0 Å². The van der Waals surface area contributed by atoms with E-state index in [0.717, 1.165) is 0 Å². The Morgan fingerprint density at radius 2 is 1.84 bits per heavy atom. The maximum atomic E-state index is 13.0. The lowest BCUT2D eigenvalue weighted by molar-refractivity contribution is 0.102. The zero-order valence-electron chi connectivity index (χ0n) is 9.58. The van der Waals surface area contributed by atoms with Gasteiger partial charge in [-0.15, -0.1) is 0 Å². The highest BCUT2D eigenvalue weighted by Gasteiger charge is 2.12. The molecule has 0 bridgehead atoms. The molecule has 0 heterocycles. The summed E-state index contributed by atoms with van der Waals surface area (Å²) >= 11 is 6.47. The van der Waals surface area contributed by atoms with Crippen LogP contribution in [0.3, 0.4) is 0 Å². The van der Waals surface area contributed by atoms with Crippen molar-refractivity contribution in [3.8, 4) is 0 Å². The summed E-state index contributed by atoms with van der Waals surface area (Å²) in [7, 11) is 0. The van der Waals surface area contributed by atoms with E-state index in [2.05, 4.69) is 37.2 Å². The second-order valence-electron chi connectivity index (χ2n) is 3.82. The van der Waals surface area contributed by atoms with Gasteiger partial charge in [0, 0.05) is 14.6 Å². The molecule has 0 radical (unpaired) electrons. The summed E-state index contributed by atoms with van der Waals surface area (Å²) in [6, 6.07) is 8.95. The molecule has 0 aliphatic heterocycles. The van der Waals surface area contributed by atoms with Crippen LogP contribution in [0.2, 0.25) is 0 Å². The summed E-state index contributed by atoms with van der Waals surface area (Å²) in [6.45, 7) is 0. The van der Waals surface area contributed by atoms with Gasteiger partial charge in [-0.2, -0.15) is 0 Å². The molecule has 19 heavy (non-hydrogen) atoms. The minimum Gasteiger partial charge on any atom is -0.399 e. The average Bonchev–Trinajstić information content (AvgIpc) is 2.32. The Balaban J connectivity index is 2.25. The fourth-order valence-electron chi connectivity index (χ4n) is 1.50. The molecular formula is C13H9Br2FN2O. The van der Waals surface area contributed by atoms with Crippen LogP contribution in [0.4, 0.5) is 15.8 Å². The average molecular weight is 388 g/mol. The number of hydrogen-bond acceptors (Lipinski definition) is 2. The third-order valence-corrected chi connectivity index (χ3v) is 3.73. The molecule has 2 aromatic carbocycles. The van der Waals surface area contributed by atoms with Crippen molar-refractivity contribution >= 4 is 49.1 Å². The molecule has 0 atom stereocenters. The number of nitrogens with two attached hydrogens (primary N) is 1. The zero-order valence-corrected chi connectivity index (χ0v) is 12.8. The number of nitrogens with one attached hydrogen (secondary N) is 1. The third-order valence-electron chi connectivity index (χ3n) is 2.42. The molecule has 0 fully saturated rings. The Hall–Kier alpha value is -1.40. The normalized spacial score (nSPS) is 10.3. The van der Waals surface area contributed by atoms with Crippen molar-refractivity contribution in [3.05, 3.63) is 56.7 Å². The van der Waals surface area contributed by atoms with Crippen molar-refractivity contribution in [2.75, 3.05) is 11.1 Å². The monoisotopic (exact) mass is 386 g/mol. The first-order valence-electron chi connectivity index (χ1n) is 5.29. The van der Waals surface area contributed by atoms with Crippen LogP contribution in [0, 0.1) is 5.82 Å². The van der Waals surface area contributed by atoms with Gasteiger partial charge in [-0.1, -0.05) is 0 Å². The molecule has 6 heteroatoms. The van der Waals surface area contributed by atoms with E-state index >= 15 is 0 Å². The first kappa shape index (κ1) is 14.0. The number of rotatable bonds is 2. The molecule has 0 aliphatic carbocycles.